The maximum absolute atomic E-state index is 14.6. The Morgan fingerprint density at radius 3 is 2.18 bits per heavy atom. The van der Waals surface area contributed by atoms with Crippen molar-refractivity contribution in [2.24, 2.45) is 0 Å². The number of rotatable bonds is 10. The van der Waals surface area contributed by atoms with Crippen molar-refractivity contribution >= 4 is 11.7 Å². The SMILES string of the molecule is O=C(N[C@H](CN1CCCC1)[C@H](O)c1ccc(OC2CC2)c(F)c1)C(=O)c1ccc(-c2ccc(F)cc2)cc1. The van der Waals surface area contributed by atoms with Crippen LogP contribution in [-0.2, 0) is 4.79 Å². The Morgan fingerprint density at radius 1 is 0.947 bits per heavy atom. The highest BCUT2D eigenvalue weighted by Crippen LogP contribution is 2.31. The zero-order chi connectivity index (χ0) is 26.6. The molecule has 1 aliphatic carbocycles. The van der Waals surface area contributed by atoms with E-state index in [1.165, 1.54) is 24.3 Å². The summed E-state index contributed by atoms with van der Waals surface area (Å²) in [6.07, 6.45) is 2.64. The molecule has 2 atom stereocenters. The molecule has 1 amide bonds. The van der Waals surface area contributed by atoms with Crippen molar-refractivity contribution in [1.82, 2.24) is 10.2 Å². The number of benzene rings is 3. The fourth-order valence-corrected chi connectivity index (χ4v) is 4.68. The number of amides is 1. The molecule has 2 aliphatic rings. The van der Waals surface area contributed by atoms with Gasteiger partial charge in [0, 0.05) is 12.1 Å². The molecule has 1 aliphatic heterocycles. The molecule has 6 nitrogen and oxygen atoms in total. The first-order valence-corrected chi connectivity index (χ1v) is 12.9. The highest BCUT2D eigenvalue weighted by Gasteiger charge is 2.30. The summed E-state index contributed by atoms with van der Waals surface area (Å²) in [7, 11) is 0. The van der Waals surface area contributed by atoms with E-state index in [1.807, 2.05) is 0 Å². The van der Waals surface area contributed by atoms with Crippen molar-refractivity contribution in [3.05, 3.63) is 89.5 Å². The van der Waals surface area contributed by atoms with Crippen molar-refractivity contribution in [2.45, 2.75) is 43.9 Å². The first-order chi connectivity index (χ1) is 18.4. The smallest absolute Gasteiger partial charge is 0.292 e. The predicted octanol–water partition coefficient (Wildman–Crippen LogP) is 4.67. The van der Waals surface area contributed by atoms with Gasteiger partial charge in [0.25, 0.3) is 5.91 Å². The number of nitrogens with one attached hydrogen (secondary N) is 1. The Labute approximate surface area is 220 Å². The van der Waals surface area contributed by atoms with Crippen molar-refractivity contribution in [1.29, 1.82) is 0 Å². The van der Waals surface area contributed by atoms with Crippen LogP contribution in [-0.4, -0.2) is 53.5 Å². The molecule has 1 heterocycles. The van der Waals surface area contributed by atoms with E-state index < -0.39 is 29.7 Å². The number of nitrogens with zero attached hydrogens (tertiary/aromatic N) is 1. The van der Waals surface area contributed by atoms with Crippen molar-refractivity contribution in [2.75, 3.05) is 19.6 Å². The molecule has 0 aromatic heterocycles. The molecular weight excluding hydrogens is 490 g/mol. The van der Waals surface area contributed by atoms with E-state index in [0.29, 0.717) is 12.1 Å². The summed E-state index contributed by atoms with van der Waals surface area (Å²) in [5, 5.41) is 13.8. The molecule has 0 spiro atoms. The van der Waals surface area contributed by atoms with Crippen molar-refractivity contribution < 1.29 is 28.2 Å². The maximum Gasteiger partial charge on any atom is 0.292 e. The molecule has 3 aromatic carbocycles. The predicted molar refractivity (Wildman–Crippen MR) is 139 cm³/mol. The van der Waals surface area contributed by atoms with Crippen LogP contribution < -0.4 is 10.1 Å². The minimum atomic E-state index is -1.22. The van der Waals surface area contributed by atoms with E-state index in [4.69, 9.17) is 4.74 Å². The van der Waals surface area contributed by atoms with Gasteiger partial charge in [-0.3, -0.25) is 9.59 Å². The molecule has 1 saturated carbocycles. The first-order valence-electron chi connectivity index (χ1n) is 12.9. The second-order valence-corrected chi connectivity index (χ2v) is 9.95. The summed E-state index contributed by atoms with van der Waals surface area (Å²) in [6, 6.07) is 15.9. The van der Waals surface area contributed by atoms with Crippen LogP contribution in [0.3, 0.4) is 0 Å². The maximum atomic E-state index is 14.6. The molecule has 0 radical (unpaired) electrons. The first kappa shape index (κ1) is 26.0. The summed E-state index contributed by atoms with van der Waals surface area (Å²) in [6.45, 7) is 1.96. The topological polar surface area (TPSA) is 78.9 Å². The third kappa shape index (κ3) is 6.26. The van der Waals surface area contributed by atoms with Gasteiger partial charge in [-0.05, 0) is 79.7 Å². The van der Waals surface area contributed by atoms with Crippen LogP contribution in [0, 0.1) is 11.6 Å². The zero-order valence-corrected chi connectivity index (χ0v) is 20.9. The van der Waals surface area contributed by atoms with Crippen LogP contribution in [0.4, 0.5) is 8.78 Å². The monoisotopic (exact) mass is 520 g/mol. The van der Waals surface area contributed by atoms with Gasteiger partial charge < -0.3 is 20.1 Å². The third-order valence-corrected chi connectivity index (χ3v) is 7.00. The van der Waals surface area contributed by atoms with E-state index >= 15 is 0 Å². The van der Waals surface area contributed by atoms with E-state index in [2.05, 4.69) is 10.2 Å². The number of hydrogen-bond acceptors (Lipinski definition) is 5. The normalized spacial score (nSPS) is 17.1. The summed E-state index contributed by atoms with van der Waals surface area (Å²) in [4.78, 5) is 28.0. The Hall–Kier alpha value is -3.62. The molecule has 38 heavy (non-hydrogen) atoms. The third-order valence-electron chi connectivity index (χ3n) is 7.00. The Bertz CT molecular complexity index is 1290. The fraction of sp³-hybridized carbons (Fsp3) is 0.333. The average molecular weight is 521 g/mol. The van der Waals surface area contributed by atoms with Gasteiger partial charge in [-0.2, -0.15) is 0 Å². The van der Waals surface area contributed by atoms with Gasteiger partial charge in [0.15, 0.2) is 11.6 Å². The van der Waals surface area contributed by atoms with E-state index in [0.717, 1.165) is 49.9 Å². The number of aliphatic hydroxyl groups is 1. The molecule has 0 unspecified atom stereocenters. The van der Waals surface area contributed by atoms with Crippen molar-refractivity contribution in [3.8, 4) is 16.9 Å². The molecule has 5 rings (SSSR count). The van der Waals surface area contributed by atoms with Crippen LogP contribution in [0.25, 0.3) is 11.1 Å². The number of carbonyl (C=O) groups is 2. The number of ether oxygens (including phenoxy) is 1. The lowest BCUT2D eigenvalue weighted by atomic mass is 9.99. The van der Waals surface area contributed by atoms with E-state index in [1.54, 1.807) is 42.5 Å². The fourth-order valence-electron chi connectivity index (χ4n) is 4.68. The number of likely N-dealkylation sites (tertiary alicyclic amines) is 1. The summed E-state index contributed by atoms with van der Waals surface area (Å²) in [5.74, 6) is -2.36. The molecule has 3 aromatic rings. The van der Waals surface area contributed by atoms with Gasteiger partial charge in [-0.25, -0.2) is 8.78 Å². The number of ketones is 1. The number of Topliss-reactive ketones (excluding diaryl/α,β-unsaturated/α-hetero) is 1. The van der Waals surface area contributed by atoms with Crippen LogP contribution in [0.1, 0.15) is 47.7 Å². The zero-order valence-electron chi connectivity index (χ0n) is 20.9. The largest absolute Gasteiger partial charge is 0.487 e. The van der Waals surface area contributed by atoms with Crippen LogP contribution in [0.15, 0.2) is 66.7 Å². The number of hydrogen-bond donors (Lipinski definition) is 2. The Morgan fingerprint density at radius 2 is 1.58 bits per heavy atom. The minimum Gasteiger partial charge on any atom is -0.487 e. The van der Waals surface area contributed by atoms with Crippen LogP contribution in [0.5, 0.6) is 5.75 Å². The number of aliphatic hydroxyl groups excluding tert-OH is 1. The quantitative estimate of drug-likeness (QED) is 0.300. The highest BCUT2D eigenvalue weighted by atomic mass is 19.1. The molecule has 1 saturated heterocycles. The van der Waals surface area contributed by atoms with Gasteiger partial charge in [0.1, 0.15) is 11.9 Å². The molecule has 8 heteroatoms. The minimum absolute atomic E-state index is 0.0400. The average Bonchev–Trinajstić information content (AvgIpc) is 3.60. The summed E-state index contributed by atoms with van der Waals surface area (Å²) in [5.41, 5.74) is 2.05. The lowest BCUT2D eigenvalue weighted by Crippen LogP contribution is -2.48. The van der Waals surface area contributed by atoms with Gasteiger partial charge in [-0.1, -0.05) is 42.5 Å². The molecule has 2 N–H and O–H groups in total. The second-order valence-electron chi connectivity index (χ2n) is 9.95. The molecule has 198 valence electrons. The Balaban J connectivity index is 1.29. The van der Waals surface area contributed by atoms with Gasteiger partial charge in [-0.15, -0.1) is 0 Å². The second kappa shape index (κ2) is 11.4. The molecule has 2 fully saturated rings. The summed E-state index contributed by atoms with van der Waals surface area (Å²) >= 11 is 0. The number of halogens is 2. The number of carbonyl (C=O) groups excluding carboxylic acids is 2. The van der Waals surface area contributed by atoms with Gasteiger partial charge in [0.2, 0.25) is 5.78 Å². The van der Waals surface area contributed by atoms with E-state index in [-0.39, 0.29) is 23.2 Å². The summed E-state index contributed by atoms with van der Waals surface area (Å²) < 4.78 is 33.4. The van der Waals surface area contributed by atoms with Gasteiger partial charge in [0.05, 0.1) is 12.1 Å². The van der Waals surface area contributed by atoms with Gasteiger partial charge >= 0.3 is 0 Å². The van der Waals surface area contributed by atoms with E-state index in [9.17, 15) is 23.5 Å². The molecular formula is C30H30F2N2O4. The van der Waals surface area contributed by atoms with Crippen LogP contribution in [0.2, 0.25) is 0 Å². The highest BCUT2D eigenvalue weighted by molar-refractivity contribution is 6.42. The Kier molecular flexibility index (Phi) is 7.81. The standard InChI is InChI=1S/C30H30F2N2O4/c31-23-10-7-20(8-11-23)19-3-5-21(6-4-19)29(36)30(37)33-26(18-34-15-1-2-16-34)28(35)22-9-14-27(25(32)17-22)38-24-12-13-24/h3-11,14,17,24,26,28,35H,1-2,12-13,15-16,18H2,(H,33,37)/t26-,28-/m1/s1. The lowest BCUT2D eigenvalue weighted by Gasteiger charge is -2.28. The van der Waals surface area contributed by atoms with Crippen LogP contribution >= 0.6 is 0 Å². The van der Waals surface area contributed by atoms with Crippen molar-refractivity contribution in [3.63, 3.8) is 0 Å². The molecule has 0 bridgehead atoms. The lowest BCUT2D eigenvalue weighted by molar-refractivity contribution is -0.118.